The van der Waals surface area contributed by atoms with Crippen LogP contribution in [0.4, 0.5) is 5.69 Å². The fourth-order valence-corrected chi connectivity index (χ4v) is 3.70. The summed E-state index contributed by atoms with van der Waals surface area (Å²) in [6.45, 7) is 2.92. The Morgan fingerprint density at radius 2 is 2.05 bits per heavy atom. The van der Waals surface area contributed by atoms with Crippen molar-refractivity contribution < 1.29 is 4.74 Å². The molecule has 2 aromatic carbocycles. The Morgan fingerprint density at radius 3 is 2.95 bits per heavy atom. The van der Waals surface area contributed by atoms with Crippen LogP contribution < -0.4 is 10.1 Å². The number of anilines is 1. The van der Waals surface area contributed by atoms with E-state index >= 15 is 0 Å². The van der Waals surface area contributed by atoms with Crippen molar-refractivity contribution in [3.8, 4) is 5.75 Å². The number of aryl methyl sites for hydroxylation is 1. The zero-order valence-electron chi connectivity index (χ0n) is 11.2. The van der Waals surface area contributed by atoms with E-state index in [4.69, 9.17) is 4.74 Å². The van der Waals surface area contributed by atoms with E-state index in [1.165, 1.54) is 20.5 Å². The van der Waals surface area contributed by atoms with E-state index in [0.29, 0.717) is 0 Å². The Balaban J connectivity index is 1.69. The van der Waals surface area contributed by atoms with Gasteiger partial charge in [0, 0.05) is 9.58 Å². The molecule has 0 saturated carbocycles. The van der Waals surface area contributed by atoms with Crippen LogP contribution >= 0.6 is 11.3 Å². The van der Waals surface area contributed by atoms with Gasteiger partial charge in [-0.1, -0.05) is 24.3 Å². The normalized spacial score (nSPS) is 17.4. The second-order valence-corrected chi connectivity index (χ2v) is 6.29. The topological polar surface area (TPSA) is 21.3 Å². The molecule has 1 aliphatic heterocycles. The molecule has 1 atom stereocenters. The second kappa shape index (κ2) is 4.53. The van der Waals surface area contributed by atoms with E-state index in [2.05, 4.69) is 60.8 Å². The van der Waals surface area contributed by atoms with Gasteiger partial charge in [0.1, 0.15) is 5.75 Å². The highest BCUT2D eigenvalue weighted by Gasteiger charge is 2.22. The summed E-state index contributed by atoms with van der Waals surface area (Å²) in [5.41, 5.74) is 2.35. The van der Waals surface area contributed by atoms with E-state index in [1.54, 1.807) is 0 Å². The summed E-state index contributed by atoms with van der Waals surface area (Å²) < 4.78 is 7.47. The average molecular weight is 281 g/mol. The average Bonchev–Trinajstić information content (AvgIpc) is 2.90. The molecule has 3 heteroatoms. The van der Waals surface area contributed by atoms with Gasteiger partial charge in [-0.15, -0.1) is 11.3 Å². The highest BCUT2D eigenvalue weighted by atomic mass is 32.1. The maximum atomic E-state index is 6.15. The van der Waals surface area contributed by atoms with Gasteiger partial charge < -0.3 is 10.1 Å². The molecule has 0 radical (unpaired) electrons. The Labute approximate surface area is 122 Å². The molecule has 3 aromatic rings. The number of thiophene rings is 1. The highest BCUT2D eigenvalue weighted by Crippen LogP contribution is 2.38. The lowest BCUT2D eigenvalue weighted by Crippen LogP contribution is -2.22. The van der Waals surface area contributed by atoms with Gasteiger partial charge in [0.2, 0.25) is 0 Å². The molecule has 1 aliphatic rings. The largest absolute Gasteiger partial charge is 0.481 e. The number of rotatable bonds is 1. The molecule has 0 aliphatic carbocycles. The number of ether oxygens (including phenoxy) is 1. The van der Waals surface area contributed by atoms with Crippen LogP contribution in [0.3, 0.4) is 0 Å². The minimum absolute atomic E-state index is 0.0996. The first-order valence-corrected chi connectivity index (χ1v) is 7.61. The van der Waals surface area contributed by atoms with E-state index in [0.717, 1.165) is 18.0 Å². The van der Waals surface area contributed by atoms with Gasteiger partial charge in [-0.05, 0) is 42.1 Å². The van der Waals surface area contributed by atoms with Crippen LogP contribution in [0.5, 0.6) is 5.75 Å². The van der Waals surface area contributed by atoms with Gasteiger partial charge in [0.15, 0.2) is 6.10 Å². The van der Waals surface area contributed by atoms with E-state index < -0.39 is 0 Å². The molecule has 4 rings (SSSR count). The number of nitrogens with one attached hydrogen (secondary N) is 1. The van der Waals surface area contributed by atoms with Crippen molar-refractivity contribution in [2.24, 2.45) is 0 Å². The summed E-state index contributed by atoms with van der Waals surface area (Å²) >= 11 is 1.82. The lowest BCUT2D eigenvalue weighted by molar-refractivity contribution is 0.214. The molecule has 2 nitrogen and oxygen atoms in total. The molecule has 100 valence electrons. The molecule has 1 unspecified atom stereocenters. The Hall–Kier alpha value is -2.00. The number of hydrogen-bond donors (Lipinski definition) is 1. The number of fused-ring (bicyclic) bond motifs is 2. The fraction of sp³-hybridized carbons (Fsp3) is 0.176. The Bertz CT molecular complexity index is 745. The molecule has 2 heterocycles. The Morgan fingerprint density at radius 1 is 1.15 bits per heavy atom. The molecule has 20 heavy (non-hydrogen) atoms. The maximum Gasteiger partial charge on any atom is 0.150 e. The van der Waals surface area contributed by atoms with Crippen molar-refractivity contribution in [2.75, 3.05) is 11.9 Å². The standard InChI is InChI=1S/C17H15NOS/c1-11-6-7-14-13(8-11)18-10-15(19-14)17-9-12-4-2-3-5-16(12)20-17/h2-9,15,18H,10H2,1H3. The van der Waals surface area contributed by atoms with Gasteiger partial charge in [-0.25, -0.2) is 0 Å². The van der Waals surface area contributed by atoms with E-state index in [9.17, 15) is 0 Å². The van der Waals surface area contributed by atoms with Crippen molar-refractivity contribution >= 4 is 27.1 Å². The summed E-state index contributed by atoms with van der Waals surface area (Å²) in [4.78, 5) is 1.28. The first-order chi connectivity index (χ1) is 9.79. The summed E-state index contributed by atoms with van der Waals surface area (Å²) in [7, 11) is 0. The van der Waals surface area contributed by atoms with Crippen molar-refractivity contribution in [3.63, 3.8) is 0 Å². The lowest BCUT2D eigenvalue weighted by Gasteiger charge is -2.27. The van der Waals surface area contributed by atoms with Crippen LogP contribution in [0.25, 0.3) is 10.1 Å². The van der Waals surface area contributed by atoms with Crippen LogP contribution in [0.15, 0.2) is 48.5 Å². The minimum atomic E-state index is 0.0996. The van der Waals surface area contributed by atoms with E-state index in [-0.39, 0.29) is 6.10 Å². The summed E-state index contributed by atoms with van der Waals surface area (Å²) in [5.74, 6) is 0.948. The third-order valence-electron chi connectivity index (χ3n) is 3.64. The zero-order valence-corrected chi connectivity index (χ0v) is 12.0. The van der Waals surface area contributed by atoms with Crippen molar-refractivity contribution in [1.82, 2.24) is 0 Å². The van der Waals surface area contributed by atoms with Crippen LogP contribution in [-0.2, 0) is 0 Å². The number of hydrogen-bond acceptors (Lipinski definition) is 3. The molecular weight excluding hydrogens is 266 g/mol. The van der Waals surface area contributed by atoms with Crippen molar-refractivity contribution in [1.29, 1.82) is 0 Å². The fourth-order valence-electron chi connectivity index (χ4n) is 2.60. The monoisotopic (exact) mass is 281 g/mol. The molecule has 0 bridgehead atoms. The minimum Gasteiger partial charge on any atom is -0.481 e. The number of benzene rings is 2. The van der Waals surface area contributed by atoms with Gasteiger partial charge in [0.05, 0.1) is 12.2 Å². The van der Waals surface area contributed by atoms with Gasteiger partial charge in [-0.2, -0.15) is 0 Å². The second-order valence-electron chi connectivity index (χ2n) is 5.17. The summed E-state index contributed by atoms with van der Waals surface area (Å²) in [6.07, 6.45) is 0.0996. The zero-order chi connectivity index (χ0) is 13.5. The Kier molecular flexibility index (Phi) is 2.67. The molecule has 1 N–H and O–H groups in total. The van der Waals surface area contributed by atoms with Crippen LogP contribution in [-0.4, -0.2) is 6.54 Å². The smallest absolute Gasteiger partial charge is 0.150 e. The molecule has 0 spiro atoms. The molecule has 0 fully saturated rings. The van der Waals surface area contributed by atoms with Crippen LogP contribution in [0.2, 0.25) is 0 Å². The van der Waals surface area contributed by atoms with E-state index in [1.807, 2.05) is 11.3 Å². The quantitative estimate of drug-likeness (QED) is 0.694. The third-order valence-corrected chi connectivity index (χ3v) is 4.85. The molecule has 0 amide bonds. The SMILES string of the molecule is Cc1ccc2c(c1)NCC(c1cc3ccccc3s1)O2. The first-order valence-electron chi connectivity index (χ1n) is 6.79. The lowest BCUT2D eigenvalue weighted by atomic mass is 10.1. The summed E-state index contributed by atoms with van der Waals surface area (Å²) in [5, 5.41) is 4.78. The predicted molar refractivity (Wildman–Crippen MR) is 84.9 cm³/mol. The van der Waals surface area contributed by atoms with Crippen LogP contribution in [0.1, 0.15) is 16.5 Å². The molecule has 1 aromatic heterocycles. The summed E-state index contributed by atoms with van der Waals surface area (Å²) in [6, 6.07) is 17.0. The highest BCUT2D eigenvalue weighted by molar-refractivity contribution is 7.19. The van der Waals surface area contributed by atoms with Gasteiger partial charge >= 0.3 is 0 Å². The van der Waals surface area contributed by atoms with Crippen molar-refractivity contribution in [2.45, 2.75) is 13.0 Å². The molecule has 0 saturated heterocycles. The van der Waals surface area contributed by atoms with Crippen LogP contribution in [0, 0.1) is 6.92 Å². The maximum absolute atomic E-state index is 6.15. The van der Waals surface area contributed by atoms with Gasteiger partial charge in [0.25, 0.3) is 0 Å². The third kappa shape index (κ3) is 1.95. The van der Waals surface area contributed by atoms with Gasteiger partial charge in [-0.3, -0.25) is 0 Å². The predicted octanol–water partition coefficient (Wildman–Crippen LogP) is 4.76. The van der Waals surface area contributed by atoms with Crippen molar-refractivity contribution in [3.05, 3.63) is 59.0 Å². The molecular formula is C17H15NOS. The first kappa shape index (κ1) is 11.8.